The molecule has 5 rings (SSSR count). The van der Waals surface area contributed by atoms with Gasteiger partial charge in [0.05, 0.1) is 31.5 Å². The highest BCUT2D eigenvalue weighted by Crippen LogP contribution is 2.33. The maximum Gasteiger partial charge on any atom is 0.222 e. The van der Waals surface area contributed by atoms with E-state index in [4.69, 9.17) is 14.7 Å². The molecule has 0 saturated carbocycles. The Balaban J connectivity index is 1.65. The highest BCUT2D eigenvalue weighted by Gasteiger charge is 2.30. The number of carbonyl (C=O) groups is 1. The first-order valence-electron chi connectivity index (χ1n) is 10.7. The number of rotatable bonds is 3. The van der Waals surface area contributed by atoms with Gasteiger partial charge in [-0.15, -0.1) is 0 Å². The third-order valence-corrected chi connectivity index (χ3v) is 6.17. The minimum atomic E-state index is 0.183. The fourth-order valence-electron chi connectivity index (χ4n) is 4.51. The zero-order valence-electron chi connectivity index (χ0n) is 17.5. The lowest BCUT2D eigenvalue weighted by molar-refractivity contribution is -0.131. The second-order valence-corrected chi connectivity index (χ2v) is 8.08. The van der Waals surface area contributed by atoms with E-state index in [2.05, 4.69) is 35.0 Å². The number of amides is 1. The van der Waals surface area contributed by atoms with E-state index in [0.29, 0.717) is 32.7 Å². The molecule has 0 spiro atoms. The number of fused-ring (bicyclic) bond motifs is 2. The molecule has 156 valence electrons. The standard InChI is InChI=1S/C23H27N5O2/c1-3-21(29)27-10-8-20-18(13-27)23(28-11-12-30-14-15(28)2)26-22(25-20)17-5-4-6-19-16(17)7-9-24-19/h4-7,9,15,24H,3,8,10-14H2,1-2H3/t15-/m1/s1. The average Bonchev–Trinajstić information content (AvgIpc) is 3.27. The van der Waals surface area contributed by atoms with Gasteiger partial charge in [0.15, 0.2) is 5.82 Å². The first kappa shape index (κ1) is 19.1. The van der Waals surface area contributed by atoms with Crippen molar-refractivity contribution in [2.45, 2.75) is 39.3 Å². The van der Waals surface area contributed by atoms with Gasteiger partial charge >= 0.3 is 0 Å². The van der Waals surface area contributed by atoms with Crippen molar-refractivity contribution in [1.29, 1.82) is 0 Å². The number of nitrogens with zero attached hydrogens (tertiary/aromatic N) is 4. The fraction of sp³-hybridized carbons (Fsp3) is 0.435. The summed E-state index contributed by atoms with van der Waals surface area (Å²) < 4.78 is 5.66. The summed E-state index contributed by atoms with van der Waals surface area (Å²) in [6, 6.07) is 8.49. The van der Waals surface area contributed by atoms with Gasteiger partial charge in [-0.1, -0.05) is 19.1 Å². The van der Waals surface area contributed by atoms with Gasteiger partial charge in [0, 0.05) is 54.2 Å². The maximum absolute atomic E-state index is 12.4. The van der Waals surface area contributed by atoms with Crippen LogP contribution in [0.2, 0.25) is 0 Å². The van der Waals surface area contributed by atoms with Crippen LogP contribution >= 0.6 is 0 Å². The van der Waals surface area contributed by atoms with Crippen molar-refractivity contribution in [3.63, 3.8) is 0 Å². The molecule has 3 aromatic rings. The van der Waals surface area contributed by atoms with E-state index in [9.17, 15) is 4.79 Å². The van der Waals surface area contributed by atoms with Crippen LogP contribution in [0.1, 0.15) is 31.5 Å². The summed E-state index contributed by atoms with van der Waals surface area (Å²) in [6.45, 7) is 7.53. The van der Waals surface area contributed by atoms with Gasteiger partial charge in [0.1, 0.15) is 5.82 Å². The van der Waals surface area contributed by atoms with Crippen LogP contribution in [-0.4, -0.2) is 58.1 Å². The van der Waals surface area contributed by atoms with Crippen molar-refractivity contribution in [3.8, 4) is 11.4 Å². The molecule has 1 aromatic carbocycles. The van der Waals surface area contributed by atoms with Crippen molar-refractivity contribution < 1.29 is 9.53 Å². The van der Waals surface area contributed by atoms with Crippen LogP contribution in [-0.2, 0) is 22.5 Å². The Morgan fingerprint density at radius 2 is 2.17 bits per heavy atom. The zero-order chi connectivity index (χ0) is 20.7. The molecule has 2 aliphatic rings. The van der Waals surface area contributed by atoms with Gasteiger partial charge < -0.3 is 19.5 Å². The summed E-state index contributed by atoms with van der Waals surface area (Å²) >= 11 is 0. The van der Waals surface area contributed by atoms with Gasteiger partial charge in [-0.05, 0) is 19.1 Å². The number of carbonyl (C=O) groups excluding carboxylic acids is 1. The molecule has 1 amide bonds. The Morgan fingerprint density at radius 1 is 1.27 bits per heavy atom. The van der Waals surface area contributed by atoms with Gasteiger partial charge in [0.25, 0.3) is 0 Å². The number of nitrogens with one attached hydrogen (secondary N) is 1. The molecule has 1 N–H and O–H groups in total. The Hall–Kier alpha value is -2.93. The van der Waals surface area contributed by atoms with Crippen molar-refractivity contribution in [1.82, 2.24) is 19.9 Å². The highest BCUT2D eigenvalue weighted by molar-refractivity contribution is 5.93. The Bertz CT molecular complexity index is 1090. The summed E-state index contributed by atoms with van der Waals surface area (Å²) in [5, 5.41) is 1.12. The Labute approximate surface area is 176 Å². The fourth-order valence-corrected chi connectivity index (χ4v) is 4.51. The van der Waals surface area contributed by atoms with E-state index < -0.39 is 0 Å². The van der Waals surface area contributed by atoms with Crippen molar-refractivity contribution in [3.05, 3.63) is 41.7 Å². The normalized spacial score (nSPS) is 19.2. The highest BCUT2D eigenvalue weighted by atomic mass is 16.5. The average molecular weight is 406 g/mol. The lowest BCUT2D eigenvalue weighted by Crippen LogP contribution is -2.46. The Kier molecular flexibility index (Phi) is 4.90. The molecule has 1 fully saturated rings. The maximum atomic E-state index is 12.4. The largest absolute Gasteiger partial charge is 0.377 e. The number of aromatic amines is 1. The number of morpholine rings is 1. The van der Waals surface area contributed by atoms with Crippen LogP contribution in [0.3, 0.4) is 0 Å². The molecular weight excluding hydrogens is 378 g/mol. The first-order valence-corrected chi connectivity index (χ1v) is 10.7. The summed E-state index contributed by atoms with van der Waals surface area (Å²) in [7, 11) is 0. The van der Waals surface area contributed by atoms with E-state index in [1.807, 2.05) is 24.1 Å². The van der Waals surface area contributed by atoms with Crippen molar-refractivity contribution in [2.75, 3.05) is 31.2 Å². The predicted molar refractivity (Wildman–Crippen MR) is 116 cm³/mol. The number of hydrogen-bond acceptors (Lipinski definition) is 5. The third-order valence-electron chi connectivity index (χ3n) is 6.17. The molecule has 7 heteroatoms. The molecule has 0 aliphatic carbocycles. The molecule has 0 bridgehead atoms. The van der Waals surface area contributed by atoms with Crippen LogP contribution < -0.4 is 4.90 Å². The van der Waals surface area contributed by atoms with Crippen LogP contribution in [0.15, 0.2) is 30.5 Å². The van der Waals surface area contributed by atoms with Gasteiger partial charge in [0.2, 0.25) is 5.91 Å². The minimum Gasteiger partial charge on any atom is -0.377 e. The number of hydrogen-bond donors (Lipinski definition) is 1. The minimum absolute atomic E-state index is 0.183. The van der Waals surface area contributed by atoms with E-state index in [1.54, 1.807) is 0 Å². The van der Waals surface area contributed by atoms with Gasteiger partial charge in [-0.3, -0.25) is 4.79 Å². The van der Waals surface area contributed by atoms with Crippen LogP contribution in [0.4, 0.5) is 5.82 Å². The number of aromatic nitrogens is 3. The molecule has 1 saturated heterocycles. The zero-order valence-corrected chi connectivity index (χ0v) is 17.5. The number of benzene rings is 1. The van der Waals surface area contributed by atoms with Gasteiger partial charge in [-0.25, -0.2) is 9.97 Å². The molecule has 30 heavy (non-hydrogen) atoms. The molecule has 2 aliphatic heterocycles. The second kappa shape index (κ2) is 7.72. The number of ether oxygens (including phenoxy) is 1. The van der Waals surface area contributed by atoms with Crippen LogP contribution in [0.25, 0.3) is 22.3 Å². The van der Waals surface area contributed by atoms with Crippen molar-refractivity contribution >= 4 is 22.6 Å². The second-order valence-electron chi connectivity index (χ2n) is 8.08. The van der Waals surface area contributed by atoms with Crippen molar-refractivity contribution in [2.24, 2.45) is 0 Å². The molecule has 0 unspecified atom stereocenters. The Morgan fingerprint density at radius 3 is 3.00 bits per heavy atom. The van der Waals surface area contributed by atoms with E-state index in [1.165, 1.54) is 0 Å². The predicted octanol–water partition coefficient (Wildman–Crippen LogP) is 3.14. The monoisotopic (exact) mass is 405 g/mol. The van der Waals surface area contributed by atoms with E-state index >= 15 is 0 Å². The molecule has 4 heterocycles. The van der Waals surface area contributed by atoms with Crippen LogP contribution in [0, 0.1) is 0 Å². The number of anilines is 1. The lowest BCUT2D eigenvalue weighted by atomic mass is 10.0. The quantitative estimate of drug-likeness (QED) is 0.725. The lowest BCUT2D eigenvalue weighted by Gasteiger charge is -2.38. The molecule has 1 atom stereocenters. The summed E-state index contributed by atoms with van der Waals surface area (Å²) in [4.78, 5) is 30.0. The molecule has 7 nitrogen and oxygen atoms in total. The van der Waals surface area contributed by atoms with E-state index in [-0.39, 0.29) is 11.9 Å². The summed E-state index contributed by atoms with van der Waals surface area (Å²) in [5.74, 6) is 1.89. The van der Waals surface area contributed by atoms with Crippen LogP contribution in [0.5, 0.6) is 0 Å². The third kappa shape index (κ3) is 3.23. The topological polar surface area (TPSA) is 74.4 Å². The molecular formula is C23H27N5O2. The van der Waals surface area contributed by atoms with Gasteiger partial charge in [-0.2, -0.15) is 0 Å². The summed E-state index contributed by atoms with van der Waals surface area (Å²) in [6.07, 6.45) is 3.23. The molecule has 0 radical (unpaired) electrons. The first-order chi connectivity index (χ1) is 14.7. The van der Waals surface area contributed by atoms with E-state index in [0.717, 1.165) is 52.3 Å². The molecule has 2 aromatic heterocycles. The smallest absolute Gasteiger partial charge is 0.222 e. The summed E-state index contributed by atoms with van der Waals surface area (Å²) in [5.41, 5.74) is 4.25. The number of H-pyrrole nitrogens is 1. The SMILES string of the molecule is CCC(=O)N1CCc2nc(-c3cccc4[nH]ccc34)nc(N3CCOC[C@H]3C)c2C1.